The van der Waals surface area contributed by atoms with Crippen LogP contribution in [0, 0.1) is 11.3 Å². The Hall–Kier alpha value is -3.73. The van der Waals surface area contributed by atoms with E-state index in [2.05, 4.69) is 5.32 Å². The predicted octanol–water partition coefficient (Wildman–Crippen LogP) is 2.47. The molecule has 150 valence electrons. The topological polar surface area (TPSA) is 107 Å². The Kier molecular flexibility index (Phi) is 6.19. The van der Waals surface area contributed by atoms with Gasteiger partial charge in [0.15, 0.2) is 24.2 Å². The van der Waals surface area contributed by atoms with E-state index in [4.69, 9.17) is 24.2 Å². The lowest BCUT2D eigenvalue weighted by Gasteiger charge is -2.16. The number of rotatable bonds is 7. The van der Waals surface area contributed by atoms with Crippen molar-refractivity contribution < 1.29 is 28.5 Å². The van der Waals surface area contributed by atoms with Gasteiger partial charge in [-0.05, 0) is 55.8 Å². The molecule has 0 saturated heterocycles. The normalized spacial score (nSPS) is 13.7. The van der Waals surface area contributed by atoms with Gasteiger partial charge in [-0.25, -0.2) is 4.79 Å². The molecule has 1 amide bonds. The van der Waals surface area contributed by atoms with Crippen molar-refractivity contribution in [3.63, 3.8) is 0 Å². The van der Waals surface area contributed by atoms with E-state index in [0.29, 0.717) is 22.8 Å². The molecule has 1 N–H and O–H groups in total. The monoisotopic (exact) mass is 396 g/mol. The quantitative estimate of drug-likeness (QED) is 0.717. The molecule has 1 aliphatic rings. The molecule has 0 bridgehead atoms. The van der Waals surface area contributed by atoms with Gasteiger partial charge in [-0.2, -0.15) is 5.26 Å². The average molecular weight is 396 g/mol. The molecule has 3 rings (SSSR count). The second-order valence-corrected chi connectivity index (χ2v) is 6.41. The van der Waals surface area contributed by atoms with Gasteiger partial charge in [-0.1, -0.05) is 6.07 Å². The lowest BCUT2D eigenvalue weighted by Crippen LogP contribution is -2.34. The van der Waals surface area contributed by atoms with Gasteiger partial charge in [0.2, 0.25) is 6.79 Å². The molecule has 0 aliphatic carbocycles. The van der Waals surface area contributed by atoms with Crippen molar-refractivity contribution in [2.24, 2.45) is 0 Å². The Morgan fingerprint density at radius 1 is 1.14 bits per heavy atom. The van der Waals surface area contributed by atoms with E-state index in [9.17, 15) is 9.59 Å². The van der Waals surface area contributed by atoms with Crippen molar-refractivity contribution in [1.29, 1.82) is 5.26 Å². The molecule has 0 radical (unpaired) electrons. The first-order valence-corrected chi connectivity index (χ1v) is 8.98. The summed E-state index contributed by atoms with van der Waals surface area (Å²) in [6.07, 6.45) is -0.901. The molecule has 8 heteroatoms. The molecule has 0 unspecified atom stereocenters. The third-order valence-corrected chi connectivity index (χ3v) is 4.25. The van der Waals surface area contributed by atoms with Crippen molar-refractivity contribution in [3.8, 4) is 23.3 Å². The third kappa shape index (κ3) is 5.17. The molecule has 1 heterocycles. The van der Waals surface area contributed by atoms with Crippen LogP contribution in [0.3, 0.4) is 0 Å². The predicted molar refractivity (Wildman–Crippen MR) is 101 cm³/mol. The number of nitrogens with zero attached hydrogens (tertiary/aromatic N) is 1. The Labute approximate surface area is 167 Å². The number of nitrogens with one attached hydrogen (secondary N) is 1. The molecule has 0 saturated carbocycles. The molecule has 0 spiro atoms. The van der Waals surface area contributed by atoms with Crippen LogP contribution in [0.4, 0.5) is 0 Å². The molecule has 0 aromatic heterocycles. The van der Waals surface area contributed by atoms with E-state index in [-0.39, 0.29) is 12.8 Å². The highest BCUT2D eigenvalue weighted by Gasteiger charge is 2.20. The number of nitriles is 1. The largest absolute Gasteiger partial charge is 0.479 e. The second-order valence-electron chi connectivity index (χ2n) is 6.41. The van der Waals surface area contributed by atoms with E-state index in [1.54, 1.807) is 36.4 Å². The minimum atomic E-state index is -0.901. The first kappa shape index (κ1) is 20.0. The molecule has 2 aromatic rings. The van der Waals surface area contributed by atoms with Crippen LogP contribution in [-0.2, 0) is 14.3 Å². The number of hydrogen-bond donors (Lipinski definition) is 1. The van der Waals surface area contributed by atoms with Crippen LogP contribution >= 0.6 is 0 Å². The highest BCUT2D eigenvalue weighted by atomic mass is 16.7. The van der Waals surface area contributed by atoms with Crippen LogP contribution in [0.1, 0.15) is 31.0 Å². The SMILES string of the molecule is C[C@H](NC(=O)COC(=O)[C@@H](C)Oc1ccc(C#N)cc1)c1ccc2c(c1)OCO2. The molecular formula is C21H20N2O6. The number of esters is 1. The number of amides is 1. The van der Waals surface area contributed by atoms with Crippen molar-refractivity contribution >= 4 is 11.9 Å². The minimum Gasteiger partial charge on any atom is -0.479 e. The summed E-state index contributed by atoms with van der Waals surface area (Å²) in [4.78, 5) is 24.1. The maximum absolute atomic E-state index is 12.1. The fourth-order valence-electron chi connectivity index (χ4n) is 2.66. The zero-order chi connectivity index (χ0) is 20.8. The van der Waals surface area contributed by atoms with Gasteiger partial charge >= 0.3 is 5.97 Å². The van der Waals surface area contributed by atoms with Crippen LogP contribution in [0.5, 0.6) is 17.2 Å². The standard InChI is InChI=1S/C21H20N2O6/c1-13(16-5-8-18-19(9-16)28-12-27-18)23-20(24)11-26-21(25)14(2)29-17-6-3-15(10-22)4-7-17/h3-9,13-14H,11-12H2,1-2H3,(H,23,24)/t13-,14+/m0/s1. The molecule has 2 atom stereocenters. The smallest absolute Gasteiger partial charge is 0.347 e. The number of benzene rings is 2. The lowest BCUT2D eigenvalue weighted by atomic mass is 10.1. The summed E-state index contributed by atoms with van der Waals surface area (Å²) >= 11 is 0. The Morgan fingerprint density at radius 3 is 2.59 bits per heavy atom. The number of carbonyl (C=O) groups excluding carboxylic acids is 2. The van der Waals surface area contributed by atoms with E-state index in [0.717, 1.165) is 5.56 Å². The molecule has 8 nitrogen and oxygen atoms in total. The second kappa shape index (κ2) is 8.97. The Balaban J connectivity index is 1.45. The van der Waals surface area contributed by atoms with Gasteiger partial charge < -0.3 is 24.3 Å². The first-order valence-electron chi connectivity index (χ1n) is 8.98. The summed E-state index contributed by atoms with van der Waals surface area (Å²) < 4.78 is 21.1. The maximum Gasteiger partial charge on any atom is 0.347 e. The first-order chi connectivity index (χ1) is 14.0. The van der Waals surface area contributed by atoms with Gasteiger partial charge in [0, 0.05) is 0 Å². The highest BCUT2D eigenvalue weighted by molar-refractivity contribution is 5.82. The minimum absolute atomic E-state index is 0.179. The van der Waals surface area contributed by atoms with Crippen molar-refractivity contribution in [1.82, 2.24) is 5.32 Å². The summed E-state index contributed by atoms with van der Waals surface area (Å²) in [6, 6.07) is 13.4. The Morgan fingerprint density at radius 2 is 1.86 bits per heavy atom. The number of fused-ring (bicyclic) bond motifs is 1. The lowest BCUT2D eigenvalue weighted by molar-refractivity contribution is -0.154. The van der Waals surface area contributed by atoms with Crippen LogP contribution in [0.15, 0.2) is 42.5 Å². The molecule has 2 aromatic carbocycles. The average Bonchev–Trinajstić information content (AvgIpc) is 3.20. The van der Waals surface area contributed by atoms with Gasteiger partial charge in [-0.15, -0.1) is 0 Å². The van der Waals surface area contributed by atoms with Crippen LogP contribution in [0.25, 0.3) is 0 Å². The van der Waals surface area contributed by atoms with Gasteiger partial charge in [0.25, 0.3) is 5.91 Å². The fourth-order valence-corrected chi connectivity index (χ4v) is 2.66. The zero-order valence-electron chi connectivity index (χ0n) is 16.0. The van der Waals surface area contributed by atoms with Gasteiger partial charge in [0.05, 0.1) is 17.7 Å². The summed E-state index contributed by atoms with van der Waals surface area (Å²) in [6.45, 7) is 3.09. The number of ether oxygens (including phenoxy) is 4. The zero-order valence-corrected chi connectivity index (χ0v) is 16.0. The maximum atomic E-state index is 12.1. The number of hydrogen-bond acceptors (Lipinski definition) is 7. The van der Waals surface area contributed by atoms with Crippen LogP contribution in [0.2, 0.25) is 0 Å². The van der Waals surface area contributed by atoms with Gasteiger partial charge in [0.1, 0.15) is 5.75 Å². The summed E-state index contributed by atoms with van der Waals surface area (Å²) in [5, 5.41) is 11.5. The summed E-state index contributed by atoms with van der Waals surface area (Å²) in [5.74, 6) is 0.616. The van der Waals surface area contributed by atoms with E-state index >= 15 is 0 Å². The van der Waals surface area contributed by atoms with E-state index < -0.39 is 24.6 Å². The fraction of sp³-hybridized carbons (Fsp3) is 0.286. The molecule has 29 heavy (non-hydrogen) atoms. The van der Waals surface area contributed by atoms with Crippen molar-refractivity contribution in [2.45, 2.75) is 26.0 Å². The highest BCUT2D eigenvalue weighted by Crippen LogP contribution is 2.34. The Bertz CT molecular complexity index is 935. The van der Waals surface area contributed by atoms with Crippen LogP contribution in [-0.4, -0.2) is 31.4 Å². The molecule has 0 fully saturated rings. The summed E-state index contributed by atoms with van der Waals surface area (Å²) in [5.41, 5.74) is 1.33. The van der Waals surface area contributed by atoms with Crippen molar-refractivity contribution in [2.75, 3.05) is 13.4 Å². The van der Waals surface area contributed by atoms with Crippen molar-refractivity contribution in [3.05, 3.63) is 53.6 Å². The third-order valence-electron chi connectivity index (χ3n) is 4.25. The molecular weight excluding hydrogens is 376 g/mol. The number of carbonyl (C=O) groups is 2. The molecule has 1 aliphatic heterocycles. The van der Waals surface area contributed by atoms with Crippen LogP contribution < -0.4 is 19.5 Å². The van der Waals surface area contributed by atoms with E-state index in [1.165, 1.54) is 6.92 Å². The van der Waals surface area contributed by atoms with Gasteiger partial charge in [-0.3, -0.25) is 4.79 Å². The summed E-state index contributed by atoms with van der Waals surface area (Å²) in [7, 11) is 0. The van der Waals surface area contributed by atoms with E-state index in [1.807, 2.05) is 19.1 Å².